The summed E-state index contributed by atoms with van der Waals surface area (Å²) in [5.41, 5.74) is 1.77. The van der Waals surface area contributed by atoms with Crippen LogP contribution in [0.4, 0.5) is 0 Å². The normalized spacial score (nSPS) is 10.7. The van der Waals surface area contributed by atoms with Crippen LogP contribution in [0.2, 0.25) is 0 Å². The predicted molar refractivity (Wildman–Crippen MR) is 64.6 cm³/mol. The number of methoxy groups -OCH3 is 1. The summed E-state index contributed by atoms with van der Waals surface area (Å²) in [6.45, 7) is 2.81. The summed E-state index contributed by atoms with van der Waals surface area (Å²) in [6, 6.07) is 0. The number of nitrogens with one attached hydrogen (secondary N) is 1. The highest BCUT2D eigenvalue weighted by atomic mass is 32.2. The Bertz CT molecular complexity index is 231. The molecule has 1 aromatic rings. The second-order valence-corrected chi connectivity index (χ2v) is 5.18. The lowest BCUT2D eigenvalue weighted by molar-refractivity contribution is 0.199. The minimum absolute atomic E-state index is 0.791. The molecule has 15 heavy (non-hydrogen) atoms. The molecule has 6 heteroatoms. The Morgan fingerprint density at radius 1 is 1.47 bits per heavy atom. The van der Waals surface area contributed by atoms with Crippen molar-refractivity contribution in [1.82, 2.24) is 15.5 Å². The molecule has 4 nitrogen and oxygen atoms in total. The Balaban J connectivity index is 1.81. The maximum Gasteiger partial charge on any atom is 0.174 e. The number of unbranched alkanes of at least 4 members (excludes halogenated alkanes) is 1. The van der Waals surface area contributed by atoms with Gasteiger partial charge in [0.2, 0.25) is 0 Å². The quantitative estimate of drug-likeness (QED) is 0.531. The molecule has 1 rings (SSSR count). The third-order valence-electron chi connectivity index (χ3n) is 1.80. The molecule has 0 aliphatic carbocycles. The van der Waals surface area contributed by atoms with Crippen LogP contribution in [0.15, 0.2) is 9.85 Å². The number of hydrogen-bond acceptors (Lipinski definition) is 6. The first-order valence-corrected chi connectivity index (χ1v) is 6.88. The lowest BCUT2D eigenvalue weighted by Gasteiger charge is -2.02. The third-order valence-corrected chi connectivity index (χ3v) is 3.74. The first-order chi connectivity index (χ1) is 7.43. The van der Waals surface area contributed by atoms with Gasteiger partial charge in [-0.1, -0.05) is 23.1 Å². The summed E-state index contributed by atoms with van der Waals surface area (Å²) in [7, 11) is 1.72. The van der Waals surface area contributed by atoms with Gasteiger partial charge in [0.15, 0.2) is 4.34 Å². The van der Waals surface area contributed by atoms with E-state index in [-0.39, 0.29) is 0 Å². The molecule has 0 unspecified atom stereocenters. The minimum Gasteiger partial charge on any atom is -0.383 e. The molecule has 0 bridgehead atoms. The van der Waals surface area contributed by atoms with E-state index in [1.54, 1.807) is 35.7 Å². The average molecular weight is 247 g/mol. The molecular weight excluding hydrogens is 230 g/mol. The smallest absolute Gasteiger partial charge is 0.174 e. The van der Waals surface area contributed by atoms with Crippen molar-refractivity contribution in [1.29, 1.82) is 0 Å². The van der Waals surface area contributed by atoms with Crippen LogP contribution in [0.5, 0.6) is 0 Å². The van der Waals surface area contributed by atoms with E-state index in [9.17, 15) is 0 Å². The van der Waals surface area contributed by atoms with E-state index in [2.05, 4.69) is 15.5 Å². The van der Waals surface area contributed by atoms with Crippen molar-refractivity contribution in [2.24, 2.45) is 0 Å². The number of thioether (sulfide) groups is 1. The van der Waals surface area contributed by atoms with Crippen molar-refractivity contribution < 1.29 is 4.74 Å². The highest BCUT2D eigenvalue weighted by molar-refractivity contribution is 8.00. The fourth-order valence-corrected chi connectivity index (χ4v) is 2.59. The molecule has 0 amide bonds. The van der Waals surface area contributed by atoms with Crippen molar-refractivity contribution in [2.75, 3.05) is 32.6 Å². The van der Waals surface area contributed by atoms with Gasteiger partial charge in [-0.15, -0.1) is 10.2 Å². The molecule has 0 saturated carbocycles. The number of hydrogen-bond donors (Lipinski definition) is 1. The summed E-state index contributed by atoms with van der Waals surface area (Å²) < 4.78 is 6.01. The van der Waals surface area contributed by atoms with E-state index < -0.39 is 0 Å². The lowest BCUT2D eigenvalue weighted by Crippen LogP contribution is -2.20. The van der Waals surface area contributed by atoms with Crippen LogP contribution in [-0.4, -0.2) is 42.8 Å². The summed E-state index contributed by atoms with van der Waals surface area (Å²) >= 11 is 3.39. The molecule has 1 aromatic heterocycles. The zero-order chi connectivity index (χ0) is 10.8. The van der Waals surface area contributed by atoms with Gasteiger partial charge in [0, 0.05) is 19.4 Å². The minimum atomic E-state index is 0.791. The van der Waals surface area contributed by atoms with Crippen LogP contribution >= 0.6 is 23.1 Å². The van der Waals surface area contributed by atoms with Gasteiger partial charge in [0.25, 0.3) is 0 Å². The molecule has 0 atom stereocenters. The fourth-order valence-electron chi connectivity index (χ4n) is 1.04. The molecule has 0 aliphatic heterocycles. The van der Waals surface area contributed by atoms with Gasteiger partial charge in [-0.05, 0) is 19.4 Å². The van der Waals surface area contributed by atoms with Gasteiger partial charge in [-0.2, -0.15) is 0 Å². The zero-order valence-electron chi connectivity index (χ0n) is 8.94. The molecule has 0 spiro atoms. The SMILES string of the molecule is COCCNCCCCSc1nncs1. The van der Waals surface area contributed by atoms with Crippen LogP contribution in [0.3, 0.4) is 0 Å². The van der Waals surface area contributed by atoms with E-state index in [4.69, 9.17) is 4.74 Å². The van der Waals surface area contributed by atoms with Gasteiger partial charge in [-0.25, -0.2) is 0 Å². The molecule has 86 valence electrons. The second-order valence-electron chi connectivity index (χ2n) is 3.00. The number of ether oxygens (including phenoxy) is 1. The maximum absolute atomic E-state index is 4.94. The first kappa shape index (κ1) is 12.9. The Hall–Kier alpha value is -0.170. The number of nitrogens with zero attached hydrogens (tertiary/aromatic N) is 2. The van der Waals surface area contributed by atoms with Crippen molar-refractivity contribution in [3.63, 3.8) is 0 Å². The van der Waals surface area contributed by atoms with Crippen molar-refractivity contribution in [2.45, 2.75) is 17.2 Å². The molecule has 0 aliphatic rings. The highest BCUT2D eigenvalue weighted by Crippen LogP contribution is 2.19. The molecule has 1 heterocycles. The summed E-state index contributed by atoms with van der Waals surface area (Å²) in [5, 5.41) is 11.1. The molecule has 1 N–H and O–H groups in total. The fraction of sp³-hybridized carbons (Fsp3) is 0.778. The molecule has 0 aromatic carbocycles. The summed E-state index contributed by atoms with van der Waals surface area (Å²) in [6.07, 6.45) is 2.42. The highest BCUT2D eigenvalue weighted by Gasteiger charge is 1.96. The van der Waals surface area contributed by atoms with E-state index in [0.29, 0.717) is 0 Å². The topological polar surface area (TPSA) is 47.0 Å². The maximum atomic E-state index is 4.94. The van der Waals surface area contributed by atoms with E-state index in [1.165, 1.54) is 12.8 Å². The zero-order valence-corrected chi connectivity index (χ0v) is 10.6. The first-order valence-electron chi connectivity index (χ1n) is 5.02. The Morgan fingerprint density at radius 2 is 2.40 bits per heavy atom. The molecule has 0 saturated heterocycles. The van der Waals surface area contributed by atoms with Gasteiger partial charge in [0.05, 0.1) is 6.61 Å². The Labute approximate surface area is 98.8 Å². The van der Waals surface area contributed by atoms with Crippen molar-refractivity contribution in [3.8, 4) is 0 Å². The molecular formula is C9H17N3OS2. The third kappa shape index (κ3) is 6.83. The van der Waals surface area contributed by atoms with E-state index in [1.807, 2.05) is 0 Å². The van der Waals surface area contributed by atoms with Crippen LogP contribution in [0.1, 0.15) is 12.8 Å². The summed E-state index contributed by atoms with van der Waals surface area (Å²) in [5.74, 6) is 1.13. The van der Waals surface area contributed by atoms with E-state index in [0.717, 1.165) is 29.8 Å². The standard InChI is InChI=1S/C9H17N3OS2/c1-13-6-5-10-4-2-3-7-14-9-12-11-8-15-9/h8,10H,2-7H2,1H3. The number of aromatic nitrogens is 2. The Morgan fingerprint density at radius 3 is 3.13 bits per heavy atom. The van der Waals surface area contributed by atoms with Crippen molar-refractivity contribution >= 4 is 23.1 Å². The summed E-state index contributed by atoms with van der Waals surface area (Å²) in [4.78, 5) is 0. The monoisotopic (exact) mass is 247 g/mol. The van der Waals surface area contributed by atoms with Gasteiger partial charge >= 0.3 is 0 Å². The predicted octanol–water partition coefficient (Wildman–Crippen LogP) is 1.65. The van der Waals surface area contributed by atoms with E-state index >= 15 is 0 Å². The Kier molecular flexibility index (Phi) is 7.81. The largest absolute Gasteiger partial charge is 0.383 e. The van der Waals surface area contributed by atoms with Crippen LogP contribution in [0.25, 0.3) is 0 Å². The average Bonchev–Trinajstić information content (AvgIpc) is 2.75. The van der Waals surface area contributed by atoms with Crippen molar-refractivity contribution in [3.05, 3.63) is 5.51 Å². The lowest BCUT2D eigenvalue weighted by atomic mass is 10.3. The van der Waals surface area contributed by atoms with Crippen LogP contribution in [-0.2, 0) is 4.74 Å². The van der Waals surface area contributed by atoms with Gasteiger partial charge in [0.1, 0.15) is 5.51 Å². The second kappa shape index (κ2) is 9.08. The molecule has 0 fully saturated rings. The van der Waals surface area contributed by atoms with Gasteiger partial charge in [-0.3, -0.25) is 0 Å². The molecule has 0 radical (unpaired) electrons. The number of rotatable bonds is 9. The van der Waals surface area contributed by atoms with Gasteiger partial charge < -0.3 is 10.1 Å². The van der Waals surface area contributed by atoms with Crippen LogP contribution in [0, 0.1) is 0 Å². The van der Waals surface area contributed by atoms with Crippen LogP contribution < -0.4 is 5.32 Å².